The van der Waals surface area contributed by atoms with Gasteiger partial charge in [0.05, 0.1) is 22.1 Å². The lowest BCUT2D eigenvalue weighted by atomic mass is 9.97. The average Bonchev–Trinajstić information content (AvgIpc) is 4.06. The van der Waals surface area contributed by atoms with E-state index in [1.807, 2.05) is 30.3 Å². The zero-order valence-corrected chi connectivity index (χ0v) is 31.6. The maximum atomic E-state index is 7.02. The van der Waals surface area contributed by atoms with E-state index in [0.717, 1.165) is 111 Å². The van der Waals surface area contributed by atoms with E-state index >= 15 is 0 Å². The molecule has 0 aliphatic carbocycles. The Hall–Kier alpha value is -8.02. The molecule has 0 radical (unpaired) electrons. The highest BCUT2D eigenvalue weighted by atomic mass is 16.3. The third-order valence-electron chi connectivity index (χ3n) is 12.0. The molecule has 4 heterocycles. The number of hydrogen-bond donors (Lipinski definition) is 0. The van der Waals surface area contributed by atoms with Crippen molar-refractivity contribution in [3.05, 3.63) is 194 Å². The first-order chi connectivity index (χ1) is 29.3. The number of hydrogen-bond acceptors (Lipinski definition) is 4. The van der Waals surface area contributed by atoms with Crippen molar-refractivity contribution >= 4 is 105 Å². The van der Waals surface area contributed by atoms with Crippen LogP contribution < -0.4 is 4.90 Å². The second kappa shape index (κ2) is 12.2. The van der Waals surface area contributed by atoms with Crippen molar-refractivity contribution in [2.24, 2.45) is 0 Å². The minimum atomic E-state index is 0.820. The molecule has 0 atom stereocenters. The molecule has 0 fully saturated rings. The number of para-hydroxylation sites is 6. The van der Waals surface area contributed by atoms with Gasteiger partial charge in [0.15, 0.2) is 0 Å². The number of fused-ring (bicyclic) bond motifs is 12. The van der Waals surface area contributed by atoms with Crippen LogP contribution in [0.5, 0.6) is 0 Å². The lowest BCUT2D eigenvalue weighted by molar-refractivity contribution is 0.669. The van der Waals surface area contributed by atoms with Crippen LogP contribution in [0.25, 0.3) is 104 Å². The fraction of sp³-hybridized carbons (Fsp3) is 0. The lowest BCUT2D eigenvalue weighted by Gasteiger charge is -2.26. The van der Waals surface area contributed by atoms with Crippen LogP contribution in [0.4, 0.5) is 17.1 Å². The van der Waals surface area contributed by atoms with Gasteiger partial charge >= 0.3 is 0 Å². The summed E-state index contributed by atoms with van der Waals surface area (Å²) in [5, 5.41) is 8.80. The standard InChI is InChI=1S/C54H32N2O3/c1-2-13-33(14-3-1)56-45-21-8-4-15-36(45)41-19-12-20-42(53(41)56)43-29-30-46(52-44-18-7-11-24-49(44)59-54(43)52)55(34-25-27-39-37-16-5-9-22-47(37)57-50(39)31-34)35-26-28-40-38-17-6-10-23-48(38)58-51(40)32-35/h1-32H. The summed E-state index contributed by atoms with van der Waals surface area (Å²) >= 11 is 0. The number of furan rings is 3. The Morgan fingerprint density at radius 3 is 1.58 bits per heavy atom. The van der Waals surface area contributed by atoms with Gasteiger partial charge in [0.2, 0.25) is 0 Å². The summed E-state index contributed by atoms with van der Waals surface area (Å²) in [6.07, 6.45) is 0. The van der Waals surface area contributed by atoms with E-state index in [-0.39, 0.29) is 0 Å². The Balaban J connectivity index is 1.11. The largest absolute Gasteiger partial charge is 0.456 e. The highest BCUT2D eigenvalue weighted by Crippen LogP contribution is 2.49. The molecule has 276 valence electrons. The number of anilines is 3. The molecule has 5 heteroatoms. The molecule has 0 aliphatic heterocycles. The predicted molar refractivity (Wildman–Crippen MR) is 243 cm³/mol. The van der Waals surface area contributed by atoms with Crippen LogP contribution in [0.1, 0.15) is 0 Å². The van der Waals surface area contributed by atoms with Crippen molar-refractivity contribution in [1.82, 2.24) is 4.57 Å². The summed E-state index contributed by atoms with van der Waals surface area (Å²) in [5.41, 5.74) is 13.4. The minimum Gasteiger partial charge on any atom is -0.456 e. The summed E-state index contributed by atoms with van der Waals surface area (Å²) < 4.78 is 22.4. The van der Waals surface area contributed by atoms with E-state index in [1.54, 1.807) is 0 Å². The molecule has 0 N–H and O–H groups in total. The topological polar surface area (TPSA) is 47.6 Å². The van der Waals surface area contributed by atoms with Crippen LogP contribution in [-0.2, 0) is 0 Å². The molecule has 59 heavy (non-hydrogen) atoms. The van der Waals surface area contributed by atoms with E-state index in [9.17, 15) is 0 Å². The molecule has 9 aromatic carbocycles. The summed E-state index contributed by atoms with van der Waals surface area (Å²) in [5.74, 6) is 0. The van der Waals surface area contributed by atoms with Gasteiger partial charge in [0.25, 0.3) is 0 Å². The second-order valence-corrected chi connectivity index (χ2v) is 15.2. The smallest absolute Gasteiger partial charge is 0.145 e. The first-order valence-electron chi connectivity index (χ1n) is 19.9. The van der Waals surface area contributed by atoms with Crippen LogP contribution in [0.2, 0.25) is 0 Å². The SMILES string of the molecule is c1ccc(-n2c3ccccc3c3cccc(-c4ccc(N(c5ccc6c(c5)oc5ccccc56)c5ccc6c(c5)oc5ccccc56)c5c4oc4ccccc45)c32)cc1. The van der Waals surface area contributed by atoms with Gasteiger partial charge in [0.1, 0.15) is 33.5 Å². The normalized spacial score (nSPS) is 12.1. The number of aromatic nitrogens is 1. The summed E-state index contributed by atoms with van der Waals surface area (Å²) in [7, 11) is 0. The highest BCUT2D eigenvalue weighted by molar-refractivity contribution is 6.21. The molecule has 4 aromatic heterocycles. The zero-order chi connectivity index (χ0) is 38.6. The van der Waals surface area contributed by atoms with E-state index < -0.39 is 0 Å². The van der Waals surface area contributed by atoms with Gasteiger partial charge < -0.3 is 22.7 Å². The Kier molecular flexibility index (Phi) is 6.66. The van der Waals surface area contributed by atoms with E-state index in [0.29, 0.717) is 0 Å². The molecule has 0 saturated heterocycles. The maximum Gasteiger partial charge on any atom is 0.145 e. The fourth-order valence-corrected chi connectivity index (χ4v) is 9.42. The molecule has 13 rings (SSSR count). The lowest BCUT2D eigenvalue weighted by Crippen LogP contribution is -2.10. The van der Waals surface area contributed by atoms with Gasteiger partial charge in [-0.2, -0.15) is 0 Å². The number of nitrogens with zero attached hydrogens (tertiary/aromatic N) is 2. The van der Waals surface area contributed by atoms with Gasteiger partial charge in [0, 0.05) is 78.0 Å². The molecule has 0 bridgehead atoms. The van der Waals surface area contributed by atoms with Gasteiger partial charge in [-0.3, -0.25) is 0 Å². The highest BCUT2D eigenvalue weighted by Gasteiger charge is 2.25. The van der Waals surface area contributed by atoms with Crippen LogP contribution >= 0.6 is 0 Å². The predicted octanol–water partition coefficient (Wildman–Crippen LogP) is 15.6. The molecule has 0 aliphatic rings. The van der Waals surface area contributed by atoms with Gasteiger partial charge in [-0.15, -0.1) is 0 Å². The van der Waals surface area contributed by atoms with Crippen LogP contribution in [0, 0.1) is 0 Å². The fourth-order valence-electron chi connectivity index (χ4n) is 9.42. The quantitative estimate of drug-likeness (QED) is 0.175. The Morgan fingerprint density at radius 1 is 0.356 bits per heavy atom. The van der Waals surface area contributed by atoms with Crippen molar-refractivity contribution in [1.29, 1.82) is 0 Å². The molecule has 0 unspecified atom stereocenters. The molecular formula is C54H32N2O3. The molecular weight excluding hydrogens is 725 g/mol. The molecule has 5 nitrogen and oxygen atoms in total. The number of benzene rings is 9. The molecule has 0 saturated carbocycles. The van der Waals surface area contributed by atoms with Crippen molar-refractivity contribution in [3.8, 4) is 16.8 Å². The first kappa shape index (κ1) is 32.1. The van der Waals surface area contributed by atoms with Crippen molar-refractivity contribution in [2.75, 3.05) is 4.90 Å². The monoisotopic (exact) mass is 756 g/mol. The third-order valence-corrected chi connectivity index (χ3v) is 12.0. The minimum absolute atomic E-state index is 0.820. The molecule has 0 spiro atoms. The Bertz CT molecular complexity index is 3690. The molecule has 13 aromatic rings. The maximum absolute atomic E-state index is 7.02. The van der Waals surface area contributed by atoms with Crippen molar-refractivity contribution in [3.63, 3.8) is 0 Å². The summed E-state index contributed by atoms with van der Waals surface area (Å²) in [6.45, 7) is 0. The average molecular weight is 757 g/mol. The zero-order valence-electron chi connectivity index (χ0n) is 31.6. The first-order valence-corrected chi connectivity index (χ1v) is 19.9. The summed E-state index contributed by atoms with van der Waals surface area (Å²) in [4.78, 5) is 2.31. The van der Waals surface area contributed by atoms with Crippen LogP contribution in [-0.4, -0.2) is 4.57 Å². The van der Waals surface area contributed by atoms with E-state index in [1.165, 1.54) is 10.8 Å². The van der Waals surface area contributed by atoms with Crippen molar-refractivity contribution < 1.29 is 13.3 Å². The Labute approximate surface area is 337 Å². The van der Waals surface area contributed by atoms with E-state index in [2.05, 4.69) is 173 Å². The van der Waals surface area contributed by atoms with Crippen LogP contribution in [0.15, 0.2) is 207 Å². The van der Waals surface area contributed by atoms with Crippen molar-refractivity contribution in [2.45, 2.75) is 0 Å². The number of rotatable bonds is 5. The summed E-state index contributed by atoms with van der Waals surface area (Å²) in [6, 6.07) is 68.2. The van der Waals surface area contributed by atoms with Crippen LogP contribution in [0.3, 0.4) is 0 Å². The third kappa shape index (κ3) is 4.67. The Morgan fingerprint density at radius 2 is 0.898 bits per heavy atom. The second-order valence-electron chi connectivity index (χ2n) is 15.2. The van der Waals surface area contributed by atoms with Gasteiger partial charge in [-0.1, -0.05) is 109 Å². The van der Waals surface area contributed by atoms with E-state index in [4.69, 9.17) is 13.3 Å². The molecule has 0 amide bonds. The van der Waals surface area contributed by atoms with Gasteiger partial charge in [-0.25, -0.2) is 0 Å². The van der Waals surface area contributed by atoms with Gasteiger partial charge in [-0.05, 0) is 72.8 Å².